The number of halogens is 1. The first kappa shape index (κ1) is 19.7. The van der Waals surface area contributed by atoms with E-state index < -0.39 is 11.6 Å². The largest absolute Gasteiger partial charge is 0.459 e. The standard InChI is InChI=1S/C18H26BrNO3/c1-12(2)10-15(13-6-8-14(19)9-7-13)17(22)20-11-16(21)23-18(3,4)5/h6-9,12,15H,10-11H2,1-5H3,(H,20,22). The maximum absolute atomic E-state index is 12.5. The van der Waals surface area contributed by atoms with Crippen molar-refractivity contribution in [2.75, 3.05) is 6.54 Å². The summed E-state index contributed by atoms with van der Waals surface area (Å²) in [5.74, 6) is -0.474. The fourth-order valence-electron chi connectivity index (χ4n) is 2.22. The smallest absolute Gasteiger partial charge is 0.325 e. The van der Waals surface area contributed by atoms with E-state index >= 15 is 0 Å². The van der Waals surface area contributed by atoms with Crippen LogP contribution in [0.15, 0.2) is 28.7 Å². The first-order chi connectivity index (χ1) is 10.6. The molecule has 0 aliphatic carbocycles. The highest BCUT2D eigenvalue weighted by molar-refractivity contribution is 9.10. The summed E-state index contributed by atoms with van der Waals surface area (Å²) in [6, 6.07) is 7.71. The van der Waals surface area contributed by atoms with Crippen molar-refractivity contribution >= 4 is 27.8 Å². The van der Waals surface area contributed by atoms with Gasteiger partial charge in [-0.2, -0.15) is 0 Å². The van der Waals surface area contributed by atoms with Gasteiger partial charge in [0.25, 0.3) is 0 Å². The molecule has 0 saturated heterocycles. The summed E-state index contributed by atoms with van der Waals surface area (Å²) in [7, 11) is 0. The van der Waals surface area contributed by atoms with Crippen LogP contribution in [0.3, 0.4) is 0 Å². The lowest BCUT2D eigenvalue weighted by molar-refractivity contribution is -0.154. The Balaban J connectivity index is 2.73. The molecule has 0 aliphatic rings. The van der Waals surface area contributed by atoms with E-state index in [0.717, 1.165) is 16.5 Å². The number of amides is 1. The molecule has 1 unspecified atom stereocenters. The van der Waals surface area contributed by atoms with Crippen LogP contribution in [0.5, 0.6) is 0 Å². The summed E-state index contributed by atoms with van der Waals surface area (Å²) in [6.07, 6.45) is 0.724. The minimum absolute atomic E-state index is 0.110. The molecule has 0 spiro atoms. The summed E-state index contributed by atoms with van der Waals surface area (Å²) in [5.41, 5.74) is 0.397. The van der Waals surface area contributed by atoms with Gasteiger partial charge in [0.2, 0.25) is 5.91 Å². The normalized spacial score (nSPS) is 12.8. The number of hydrogen-bond acceptors (Lipinski definition) is 3. The van der Waals surface area contributed by atoms with Crippen molar-refractivity contribution in [3.05, 3.63) is 34.3 Å². The Hall–Kier alpha value is -1.36. The number of hydrogen-bond donors (Lipinski definition) is 1. The molecule has 1 N–H and O–H groups in total. The van der Waals surface area contributed by atoms with E-state index in [1.54, 1.807) is 20.8 Å². The van der Waals surface area contributed by atoms with Crippen molar-refractivity contribution in [2.45, 2.75) is 52.6 Å². The molecule has 0 aliphatic heterocycles. The van der Waals surface area contributed by atoms with E-state index in [2.05, 4.69) is 35.1 Å². The Morgan fingerprint density at radius 2 is 1.74 bits per heavy atom. The van der Waals surface area contributed by atoms with Gasteiger partial charge in [-0.25, -0.2) is 0 Å². The number of carbonyl (C=O) groups is 2. The number of nitrogens with one attached hydrogen (secondary N) is 1. The SMILES string of the molecule is CC(C)CC(C(=O)NCC(=O)OC(C)(C)C)c1ccc(Br)cc1. The average Bonchev–Trinajstić information content (AvgIpc) is 2.41. The second kappa shape index (κ2) is 8.48. The number of carbonyl (C=O) groups excluding carboxylic acids is 2. The maximum atomic E-state index is 12.5. The van der Waals surface area contributed by atoms with Crippen LogP contribution in [0, 0.1) is 5.92 Å². The minimum atomic E-state index is -0.551. The van der Waals surface area contributed by atoms with Crippen LogP contribution in [0.25, 0.3) is 0 Å². The Kier molecular flexibility index (Phi) is 7.26. The predicted octanol–water partition coefficient (Wildman–Crippen LogP) is 4.04. The zero-order valence-electron chi connectivity index (χ0n) is 14.5. The molecule has 1 amide bonds. The highest BCUT2D eigenvalue weighted by Gasteiger charge is 2.23. The van der Waals surface area contributed by atoms with Gasteiger partial charge in [-0.3, -0.25) is 9.59 Å². The van der Waals surface area contributed by atoms with Gasteiger partial charge in [-0.1, -0.05) is 41.9 Å². The Morgan fingerprint density at radius 3 is 2.22 bits per heavy atom. The highest BCUT2D eigenvalue weighted by atomic mass is 79.9. The lowest BCUT2D eigenvalue weighted by Gasteiger charge is -2.21. The molecule has 5 heteroatoms. The van der Waals surface area contributed by atoms with E-state index in [1.807, 2.05) is 24.3 Å². The zero-order valence-corrected chi connectivity index (χ0v) is 16.1. The summed E-state index contributed by atoms with van der Waals surface area (Å²) in [6.45, 7) is 9.45. The van der Waals surface area contributed by atoms with Gasteiger partial charge in [-0.15, -0.1) is 0 Å². The first-order valence-corrected chi connectivity index (χ1v) is 8.63. The van der Waals surface area contributed by atoms with Crippen LogP contribution in [-0.2, 0) is 14.3 Å². The van der Waals surface area contributed by atoms with E-state index in [1.165, 1.54) is 0 Å². The Labute approximate surface area is 147 Å². The third kappa shape index (κ3) is 7.64. The van der Waals surface area contributed by atoms with Gasteiger partial charge >= 0.3 is 5.97 Å². The average molecular weight is 384 g/mol. The van der Waals surface area contributed by atoms with E-state index in [4.69, 9.17) is 4.74 Å². The lowest BCUT2D eigenvalue weighted by Crippen LogP contribution is -2.37. The van der Waals surface area contributed by atoms with Gasteiger partial charge in [0.15, 0.2) is 0 Å². The van der Waals surface area contributed by atoms with E-state index in [0.29, 0.717) is 5.92 Å². The van der Waals surface area contributed by atoms with Crippen molar-refractivity contribution in [1.29, 1.82) is 0 Å². The second-order valence-corrected chi connectivity index (χ2v) is 7.95. The van der Waals surface area contributed by atoms with Crippen LogP contribution in [0.2, 0.25) is 0 Å². The molecular formula is C18H26BrNO3. The third-order valence-corrected chi connectivity index (χ3v) is 3.65. The number of rotatable bonds is 6. The van der Waals surface area contributed by atoms with Gasteiger partial charge in [0, 0.05) is 4.47 Å². The van der Waals surface area contributed by atoms with Crippen LogP contribution >= 0.6 is 15.9 Å². The number of ether oxygens (including phenoxy) is 1. The van der Waals surface area contributed by atoms with E-state index in [9.17, 15) is 9.59 Å². The Morgan fingerprint density at radius 1 is 1.17 bits per heavy atom. The minimum Gasteiger partial charge on any atom is -0.459 e. The van der Waals surface area contributed by atoms with Gasteiger partial charge < -0.3 is 10.1 Å². The molecule has 1 aromatic rings. The molecule has 0 aromatic heterocycles. The molecule has 0 bridgehead atoms. The molecule has 23 heavy (non-hydrogen) atoms. The number of benzene rings is 1. The predicted molar refractivity (Wildman–Crippen MR) is 95.2 cm³/mol. The fraction of sp³-hybridized carbons (Fsp3) is 0.556. The molecule has 128 valence electrons. The summed E-state index contributed by atoms with van der Waals surface area (Å²) in [5, 5.41) is 2.70. The highest BCUT2D eigenvalue weighted by Crippen LogP contribution is 2.25. The summed E-state index contributed by atoms with van der Waals surface area (Å²) >= 11 is 3.40. The maximum Gasteiger partial charge on any atom is 0.325 e. The summed E-state index contributed by atoms with van der Waals surface area (Å²) in [4.78, 5) is 24.2. The molecule has 0 fully saturated rings. The van der Waals surface area contributed by atoms with Crippen LogP contribution < -0.4 is 5.32 Å². The Bertz CT molecular complexity index is 532. The van der Waals surface area contributed by atoms with Crippen LogP contribution in [0.1, 0.15) is 52.5 Å². The molecule has 1 aromatic carbocycles. The van der Waals surface area contributed by atoms with Crippen molar-refractivity contribution in [2.24, 2.45) is 5.92 Å². The van der Waals surface area contributed by atoms with Crippen LogP contribution in [0.4, 0.5) is 0 Å². The quantitative estimate of drug-likeness (QED) is 0.754. The molecule has 1 rings (SSSR count). The molecule has 4 nitrogen and oxygen atoms in total. The second-order valence-electron chi connectivity index (χ2n) is 7.04. The van der Waals surface area contributed by atoms with Gasteiger partial charge in [-0.05, 0) is 50.8 Å². The number of esters is 1. The van der Waals surface area contributed by atoms with Crippen LogP contribution in [-0.4, -0.2) is 24.0 Å². The zero-order chi connectivity index (χ0) is 17.6. The van der Waals surface area contributed by atoms with Crippen molar-refractivity contribution < 1.29 is 14.3 Å². The molecule has 0 saturated carbocycles. The topological polar surface area (TPSA) is 55.4 Å². The van der Waals surface area contributed by atoms with Crippen molar-refractivity contribution in [3.63, 3.8) is 0 Å². The van der Waals surface area contributed by atoms with Crippen molar-refractivity contribution in [3.8, 4) is 0 Å². The molecule has 0 radical (unpaired) electrons. The van der Waals surface area contributed by atoms with Gasteiger partial charge in [0.05, 0.1) is 5.92 Å². The monoisotopic (exact) mass is 383 g/mol. The molecule has 0 heterocycles. The third-order valence-electron chi connectivity index (χ3n) is 3.12. The molecular weight excluding hydrogens is 358 g/mol. The summed E-state index contributed by atoms with van der Waals surface area (Å²) < 4.78 is 6.18. The fourth-order valence-corrected chi connectivity index (χ4v) is 2.49. The molecule has 1 atom stereocenters. The first-order valence-electron chi connectivity index (χ1n) is 7.83. The van der Waals surface area contributed by atoms with Gasteiger partial charge in [0.1, 0.15) is 12.1 Å². The van der Waals surface area contributed by atoms with Crippen molar-refractivity contribution in [1.82, 2.24) is 5.32 Å². The van der Waals surface area contributed by atoms with E-state index in [-0.39, 0.29) is 18.4 Å². The lowest BCUT2D eigenvalue weighted by atomic mass is 9.89.